The first-order chi connectivity index (χ1) is 11.8. The highest BCUT2D eigenvalue weighted by molar-refractivity contribution is 7.22. The van der Waals surface area contributed by atoms with E-state index in [2.05, 4.69) is 46.4 Å². The molecule has 0 aromatic carbocycles. The molecule has 3 aromatic heterocycles. The third-order valence-electron chi connectivity index (χ3n) is 3.94. The Labute approximate surface area is 145 Å². The van der Waals surface area contributed by atoms with Crippen molar-refractivity contribution in [1.82, 2.24) is 15.2 Å². The van der Waals surface area contributed by atoms with E-state index in [1.54, 1.807) is 24.6 Å². The van der Waals surface area contributed by atoms with Gasteiger partial charge in [-0.25, -0.2) is 4.98 Å². The van der Waals surface area contributed by atoms with Crippen molar-refractivity contribution in [2.45, 2.75) is 13.8 Å². The number of anilines is 2. The molecule has 3 heterocycles. The minimum Gasteiger partial charge on any atom is -0.383 e. The fourth-order valence-corrected chi connectivity index (χ4v) is 3.73. The highest BCUT2D eigenvalue weighted by Gasteiger charge is 2.14. The summed E-state index contributed by atoms with van der Waals surface area (Å²) < 4.78 is 6.32. The zero-order valence-electron chi connectivity index (χ0n) is 14.3. The second-order valence-corrected chi connectivity index (χ2v) is 6.47. The van der Waals surface area contributed by atoms with E-state index in [1.165, 1.54) is 0 Å². The van der Waals surface area contributed by atoms with Crippen molar-refractivity contribution in [2.75, 3.05) is 43.6 Å². The maximum Gasteiger partial charge on any atom is 0.131 e. The number of hydrogen-bond donors (Lipinski definition) is 2. The van der Waals surface area contributed by atoms with Gasteiger partial charge in [-0.1, -0.05) is 0 Å². The largest absolute Gasteiger partial charge is 0.383 e. The third kappa shape index (κ3) is 3.37. The minimum atomic E-state index is 0.670. The molecule has 24 heavy (non-hydrogen) atoms. The van der Waals surface area contributed by atoms with E-state index >= 15 is 0 Å². The Bertz CT molecular complexity index is 780. The van der Waals surface area contributed by atoms with Crippen LogP contribution in [0.3, 0.4) is 0 Å². The van der Waals surface area contributed by atoms with Crippen molar-refractivity contribution in [3.63, 3.8) is 0 Å². The molecule has 0 radical (unpaired) electrons. The summed E-state index contributed by atoms with van der Waals surface area (Å²) in [6.45, 7) is 7.61. The van der Waals surface area contributed by atoms with Crippen LogP contribution in [0.25, 0.3) is 20.8 Å². The fraction of sp³-hybridized carbons (Fsp3) is 0.412. The van der Waals surface area contributed by atoms with E-state index in [9.17, 15) is 0 Å². The van der Waals surface area contributed by atoms with Gasteiger partial charge in [0, 0.05) is 39.0 Å². The molecule has 0 bridgehead atoms. The summed E-state index contributed by atoms with van der Waals surface area (Å²) in [5.74, 6) is 1.00. The number of nitrogens with zero attached hydrogens (tertiary/aromatic N) is 3. The summed E-state index contributed by atoms with van der Waals surface area (Å²) in [4.78, 5) is 8.27. The van der Waals surface area contributed by atoms with Crippen molar-refractivity contribution in [3.05, 3.63) is 24.4 Å². The zero-order valence-corrected chi connectivity index (χ0v) is 15.1. The Hall–Kier alpha value is -2.12. The number of thiophene rings is 1. The first kappa shape index (κ1) is 16.7. The van der Waals surface area contributed by atoms with Gasteiger partial charge in [0.1, 0.15) is 5.82 Å². The van der Waals surface area contributed by atoms with Gasteiger partial charge < -0.3 is 15.0 Å². The first-order valence-electron chi connectivity index (χ1n) is 8.18. The SMILES string of the molecule is CCN(CC)c1cc(NCCOC)c2sc(-c3ccn[nH]3)cc2n1. The lowest BCUT2D eigenvalue weighted by Crippen LogP contribution is -2.23. The molecule has 2 N–H and O–H groups in total. The van der Waals surface area contributed by atoms with Crippen molar-refractivity contribution in [1.29, 1.82) is 0 Å². The van der Waals surface area contributed by atoms with Crippen LogP contribution in [0, 0.1) is 0 Å². The van der Waals surface area contributed by atoms with E-state index in [0.29, 0.717) is 6.61 Å². The van der Waals surface area contributed by atoms with E-state index in [0.717, 1.165) is 51.9 Å². The molecule has 0 atom stereocenters. The van der Waals surface area contributed by atoms with Gasteiger partial charge in [-0.05, 0) is 26.0 Å². The van der Waals surface area contributed by atoms with Crippen LogP contribution in [-0.2, 0) is 4.74 Å². The lowest BCUT2D eigenvalue weighted by Gasteiger charge is -2.21. The summed E-state index contributed by atoms with van der Waals surface area (Å²) in [6, 6.07) is 6.24. The molecule has 6 nitrogen and oxygen atoms in total. The van der Waals surface area contributed by atoms with Crippen LogP contribution >= 0.6 is 11.3 Å². The second kappa shape index (κ2) is 7.63. The number of H-pyrrole nitrogens is 1. The van der Waals surface area contributed by atoms with Gasteiger partial charge in [0.25, 0.3) is 0 Å². The molecule has 0 amide bonds. The maximum atomic E-state index is 5.16. The number of pyridine rings is 1. The van der Waals surface area contributed by atoms with Gasteiger partial charge in [0.15, 0.2) is 0 Å². The molecule has 3 rings (SSSR count). The number of fused-ring (bicyclic) bond motifs is 1. The van der Waals surface area contributed by atoms with Gasteiger partial charge >= 0.3 is 0 Å². The fourth-order valence-electron chi connectivity index (χ4n) is 2.66. The molecular weight excluding hydrogens is 322 g/mol. The predicted molar refractivity (Wildman–Crippen MR) is 101 cm³/mol. The standard InChI is InChI=1S/C17H23N5OS/c1-4-22(5-2)16-11-13(18-8-9-23-3)17-14(20-16)10-15(24-17)12-6-7-19-21-12/h6-7,10-11H,4-5,8-9H2,1-3H3,(H,18,20)(H,19,21). The highest BCUT2D eigenvalue weighted by Crippen LogP contribution is 2.37. The third-order valence-corrected chi connectivity index (χ3v) is 5.13. The van der Waals surface area contributed by atoms with Crippen LogP contribution < -0.4 is 10.2 Å². The number of rotatable bonds is 8. The number of aromatic nitrogens is 3. The molecule has 0 aliphatic carbocycles. The number of aromatic amines is 1. The maximum absolute atomic E-state index is 5.16. The normalized spacial score (nSPS) is 11.1. The molecule has 0 spiro atoms. The Kier molecular flexibility index (Phi) is 5.32. The van der Waals surface area contributed by atoms with Gasteiger partial charge in [-0.3, -0.25) is 5.10 Å². The van der Waals surface area contributed by atoms with Crippen molar-refractivity contribution < 1.29 is 4.74 Å². The minimum absolute atomic E-state index is 0.670. The molecule has 0 fully saturated rings. The molecule has 0 aliphatic rings. The summed E-state index contributed by atoms with van der Waals surface area (Å²) in [5, 5.41) is 10.6. The van der Waals surface area contributed by atoms with E-state index in [4.69, 9.17) is 9.72 Å². The molecule has 0 saturated carbocycles. The van der Waals surface area contributed by atoms with E-state index in [1.807, 2.05) is 6.07 Å². The van der Waals surface area contributed by atoms with Crippen LogP contribution in [-0.4, -0.2) is 48.5 Å². The van der Waals surface area contributed by atoms with E-state index in [-0.39, 0.29) is 0 Å². The van der Waals surface area contributed by atoms with Crippen molar-refractivity contribution in [2.24, 2.45) is 0 Å². The molecule has 0 unspecified atom stereocenters. The lowest BCUT2D eigenvalue weighted by molar-refractivity contribution is 0.211. The Morgan fingerprint density at radius 2 is 2.12 bits per heavy atom. The topological polar surface area (TPSA) is 66.1 Å². The summed E-state index contributed by atoms with van der Waals surface area (Å²) >= 11 is 1.72. The van der Waals surface area contributed by atoms with Crippen molar-refractivity contribution in [3.8, 4) is 10.6 Å². The quantitative estimate of drug-likeness (QED) is 0.611. The number of methoxy groups -OCH3 is 1. The number of hydrogen-bond acceptors (Lipinski definition) is 6. The molecule has 128 valence electrons. The predicted octanol–water partition coefficient (Wildman–Crippen LogP) is 3.59. The zero-order chi connectivity index (χ0) is 16.9. The Morgan fingerprint density at radius 3 is 2.79 bits per heavy atom. The van der Waals surface area contributed by atoms with Crippen molar-refractivity contribution >= 4 is 33.1 Å². The number of ether oxygens (including phenoxy) is 1. The molecule has 3 aromatic rings. The van der Waals surface area contributed by atoms with Crippen LogP contribution in [0.2, 0.25) is 0 Å². The van der Waals surface area contributed by atoms with Crippen LogP contribution in [0.4, 0.5) is 11.5 Å². The van der Waals surface area contributed by atoms with Crippen LogP contribution in [0.5, 0.6) is 0 Å². The Morgan fingerprint density at radius 1 is 1.29 bits per heavy atom. The molecular formula is C17H23N5OS. The molecule has 0 saturated heterocycles. The van der Waals surface area contributed by atoms with Gasteiger partial charge in [-0.15, -0.1) is 11.3 Å². The Balaban J connectivity index is 2.05. The smallest absolute Gasteiger partial charge is 0.131 e. The number of nitrogens with one attached hydrogen (secondary N) is 2. The van der Waals surface area contributed by atoms with E-state index < -0.39 is 0 Å². The van der Waals surface area contributed by atoms with Crippen LogP contribution in [0.15, 0.2) is 24.4 Å². The van der Waals surface area contributed by atoms with Gasteiger partial charge in [-0.2, -0.15) is 5.10 Å². The first-order valence-corrected chi connectivity index (χ1v) is 9.00. The lowest BCUT2D eigenvalue weighted by atomic mass is 10.3. The average molecular weight is 345 g/mol. The monoisotopic (exact) mass is 345 g/mol. The van der Waals surface area contributed by atoms with Gasteiger partial charge in [0.05, 0.1) is 33.1 Å². The summed E-state index contributed by atoms with van der Waals surface area (Å²) in [5.41, 5.74) is 3.13. The molecule has 0 aliphatic heterocycles. The van der Waals surface area contributed by atoms with Gasteiger partial charge in [0.2, 0.25) is 0 Å². The highest BCUT2D eigenvalue weighted by atomic mass is 32.1. The summed E-state index contributed by atoms with van der Waals surface area (Å²) in [7, 11) is 1.71. The molecule has 7 heteroatoms. The second-order valence-electron chi connectivity index (χ2n) is 5.42. The average Bonchev–Trinajstić information content (AvgIpc) is 3.25. The summed E-state index contributed by atoms with van der Waals surface area (Å²) in [6.07, 6.45) is 1.77. The van der Waals surface area contributed by atoms with Crippen LogP contribution in [0.1, 0.15) is 13.8 Å².